The van der Waals surface area contributed by atoms with Crippen LogP contribution in [0.1, 0.15) is 54.5 Å². The Bertz CT molecular complexity index is 1430. The molecule has 0 saturated carbocycles. The highest BCUT2D eigenvalue weighted by Gasteiger charge is 2.39. The van der Waals surface area contributed by atoms with Crippen LogP contribution in [-0.2, 0) is 10.0 Å². The number of unbranched alkanes of at least 4 members (excludes halogenated alkanes) is 1. The highest BCUT2D eigenvalue weighted by molar-refractivity contribution is 7.89. The molecule has 4 aromatic rings. The second-order valence-corrected chi connectivity index (χ2v) is 10.5. The quantitative estimate of drug-likeness (QED) is 0.347. The van der Waals surface area contributed by atoms with Crippen molar-refractivity contribution in [2.45, 2.75) is 44.0 Å². The third-order valence-corrected chi connectivity index (χ3v) is 8.24. The lowest BCUT2D eigenvalue weighted by atomic mass is 9.90. The van der Waals surface area contributed by atoms with E-state index in [0.29, 0.717) is 11.3 Å². The van der Waals surface area contributed by atoms with Gasteiger partial charge in [0.25, 0.3) is 10.0 Å². The molecule has 0 amide bonds. The Morgan fingerprint density at radius 2 is 1.64 bits per heavy atom. The van der Waals surface area contributed by atoms with Gasteiger partial charge in [0.05, 0.1) is 10.9 Å². The predicted molar refractivity (Wildman–Crippen MR) is 134 cm³/mol. The number of fused-ring (bicyclic) bond motifs is 2. The van der Waals surface area contributed by atoms with Gasteiger partial charge < -0.3 is 4.98 Å². The summed E-state index contributed by atoms with van der Waals surface area (Å²) in [6, 6.07) is 22.9. The van der Waals surface area contributed by atoms with Gasteiger partial charge in [0.2, 0.25) is 0 Å². The monoisotopic (exact) mass is 456 g/mol. The fourth-order valence-electron chi connectivity index (χ4n) is 4.70. The Kier molecular flexibility index (Phi) is 5.59. The Morgan fingerprint density at radius 1 is 0.909 bits per heavy atom. The van der Waals surface area contributed by atoms with Crippen LogP contribution in [0.3, 0.4) is 0 Å². The number of sulfonamides is 1. The van der Waals surface area contributed by atoms with Crippen LogP contribution >= 0.6 is 0 Å². The summed E-state index contributed by atoms with van der Waals surface area (Å²) in [6.07, 6.45) is 6.65. The third kappa shape index (κ3) is 3.76. The van der Waals surface area contributed by atoms with Crippen LogP contribution in [0.5, 0.6) is 0 Å². The fourth-order valence-corrected chi connectivity index (χ4v) is 6.36. The van der Waals surface area contributed by atoms with Gasteiger partial charge in [0.15, 0.2) is 0 Å². The van der Waals surface area contributed by atoms with E-state index >= 15 is 0 Å². The first-order chi connectivity index (χ1) is 16.0. The minimum atomic E-state index is -3.79. The van der Waals surface area contributed by atoms with Crippen molar-refractivity contribution in [1.29, 1.82) is 0 Å². The fraction of sp³-hybridized carbons (Fsp3) is 0.214. The third-order valence-electron chi connectivity index (χ3n) is 6.41. The standard InChI is InChI=1S/C28H28N2O2S/c1-3-4-10-22-18-21-9-5-6-11-24(21)28(26-19-29-27-13-8-7-12-25(26)27)30(22)33(31,32)23-16-14-20(2)15-17-23/h5-9,11-19,28-29H,3-4,10H2,1-2H3/t28-/m1/s1. The second-order valence-electron chi connectivity index (χ2n) is 8.67. The van der Waals surface area contributed by atoms with E-state index in [0.717, 1.165) is 51.7 Å². The number of rotatable bonds is 6. The van der Waals surface area contributed by atoms with E-state index in [1.54, 1.807) is 16.4 Å². The van der Waals surface area contributed by atoms with Crippen molar-refractivity contribution >= 4 is 27.0 Å². The number of aromatic amines is 1. The normalized spacial score (nSPS) is 16.0. The first kappa shape index (κ1) is 21.5. The number of benzene rings is 3. The molecule has 0 bridgehead atoms. The molecule has 2 heterocycles. The number of nitrogens with one attached hydrogen (secondary N) is 1. The summed E-state index contributed by atoms with van der Waals surface area (Å²) >= 11 is 0. The molecule has 3 aromatic carbocycles. The molecule has 1 N–H and O–H groups in total. The molecule has 168 valence electrons. The molecule has 33 heavy (non-hydrogen) atoms. The lowest BCUT2D eigenvalue weighted by Gasteiger charge is -2.38. The predicted octanol–water partition coefficient (Wildman–Crippen LogP) is 6.80. The topological polar surface area (TPSA) is 53.2 Å². The Labute approximate surface area is 195 Å². The first-order valence-electron chi connectivity index (χ1n) is 11.5. The maximum atomic E-state index is 14.2. The highest BCUT2D eigenvalue weighted by atomic mass is 32.2. The number of hydrogen-bond acceptors (Lipinski definition) is 2. The molecule has 1 atom stereocenters. The maximum absolute atomic E-state index is 14.2. The van der Waals surface area contributed by atoms with Crippen LogP contribution in [0.2, 0.25) is 0 Å². The molecule has 0 saturated heterocycles. The Morgan fingerprint density at radius 3 is 2.42 bits per heavy atom. The SMILES string of the molecule is CCCCC1=Cc2ccccc2[C@H](c2c[nH]c3ccccc23)N1S(=O)(=O)c1ccc(C)cc1. The maximum Gasteiger partial charge on any atom is 0.264 e. The average Bonchev–Trinajstić information content (AvgIpc) is 3.26. The number of hydrogen-bond donors (Lipinski definition) is 1. The molecule has 0 radical (unpaired) electrons. The minimum Gasteiger partial charge on any atom is -0.361 e. The van der Waals surface area contributed by atoms with Crippen LogP contribution in [0.15, 0.2) is 89.6 Å². The average molecular weight is 457 g/mol. The van der Waals surface area contributed by atoms with Crippen molar-refractivity contribution in [3.63, 3.8) is 0 Å². The van der Waals surface area contributed by atoms with E-state index in [4.69, 9.17) is 0 Å². The summed E-state index contributed by atoms with van der Waals surface area (Å²) in [5.41, 5.74) is 5.92. The summed E-state index contributed by atoms with van der Waals surface area (Å²) < 4.78 is 30.1. The van der Waals surface area contributed by atoms with Crippen LogP contribution in [0.25, 0.3) is 17.0 Å². The van der Waals surface area contributed by atoms with Gasteiger partial charge >= 0.3 is 0 Å². The van der Waals surface area contributed by atoms with Crippen molar-refractivity contribution in [2.75, 3.05) is 0 Å². The summed E-state index contributed by atoms with van der Waals surface area (Å²) in [5.74, 6) is 0. The Balaban J connectivity index is 1.77. The Hall–Kier alpha value is -3.31. The molecule has 0 aliphatic carbocycles. The summed E-state index contributed by atoms with van der Waals surface area (Å²) in [5, 5.41) is 1.04. The molecular formula is C28H28N2O2S. The molecule has 5 heteroatoms. The summed E-state index contributed by atoms with van der Waals surface area (Å²) in [7, 11) is -3.79. The summed E-state index contributed by atoms with van der Waals surface area (Å²) in [4.78, 5) is 3.67. The lowest BCUT2D eigenvalue weighted by Crippen LogP contribution is -2.37. The highest BCUT2D eigenvalue weighted by Crippen LogP contribution is 2.45. The molecule has 4 nitrogen and oxygen atoms in total. The molecule has 0 unspecified atom stereocenters. The number of allylic oxidation sites excluding steroid dienone is 1. The lowest BCUT2D eigenvalue weighted by molar-refractivity contribution is 0.407. The van der Waals surface area contributed by atoms with Gasteiger partial charge in [-0.1, -0.05) is 73.5 Å². The van der Waals surface area contributed by atoms with Gasteiger partial charge in [0.1, 0.15) is 0 Å². The smallest absolute Gasteiger partial charge is 0.264 e. The van der Waals surface area contributed by atoms with Crippen LogP contribution < -0.4 is 0 Å². The van der Waals surface area contributed by atoms with E-state index in [9.17, 15) is 8.42 Å². The van der Waals surface area contributed by atoms with E-state index in [2.05, 4.69) is 30.1 Å². The van der Waals surface area contributed by atoms with Gasteiger partial charge in [0, 0.05) is 28.4 Å². The van der Waals surface area contributed by atoms with Crippen molar-refractivity contribution in [3.8, 4) is 0 Å². The number of aromatic nitrogens is 1. The molecule has 1 aliphatic rings. The van der Waals surface area contributed by atoms with Crippen molar-refractivity contribution in [2.24, 2.45) is 0 Å². The largest absolute Gasteiger partial charge is 0.361 e. The molecule has 1 aliphatic heterocycles. The van der Waals surface area contributed by atoms with Crippen LogP contribution in [-0.4, -0.2) is 17.7 Å². The molecular weight excluding hydrogens is 428 g/mol. The van der Waals surface area contributed by atoms with E-state index in [1.807, 2.05) is 61.7 Å². The van der Waals surface area contributed by atoms with Gasteiger partial charge in [-0.05, 0) is 55.2 Å². The number of aryl methyl sites for hydroxylation is 1. The van der Waals surface area contributed by atoms with Crippen LogP contribution in [0.4, 0.5) is 0 Å². The molecule has 0 spiro atoms. The molecule has 1 aromatic heterocycles. The van der Waals surface area contributed by atoms with Gasteiger partial charge in [-0.15, -0.1) is 0 Å². The van der Waals surface area contributed by atoms with Gasteiger partial charge in [-0.2, -0.15) is 0 Å². The van der Waals surface area contributed by atoms with Gasteiger partial charge in [-0.3, -0.25) is 4.31 Å². The zero-order valence-corrected chi connectivity index (χ0v) is 19.8. The van der Waals surface area contributed by atoms with Crippen LogP contribution in [0, 0.1) is 6.92 Å². The molecule has 5 rings (SSSR count). The number of H-pyrrole nitrogens is 1. The number of nitrogens with zero attached hydrogens (tertiary/aromatic N) is 1. The second kappa shape index (κ2) is 8.56. The van der Waals surface area contributed by atoms with Crippen molar-refractivity contribution in [1.82, 2.24) is 9.29 Å². The van der Waals surface area contributed by atoms with Gasteiger partial charge in [-0.25, -0.2) is 8.42 Å². The van der Waals surface area contributed by atoms with Crippen molar-refractivity contribution < 1.29 is 8.42 Å². The minimum absolute atomic E-state index is 0.319. The first-order valence-corrected chi connectivity index (χ1v) is 12.9. The summed E-state index contributed by atoms with van der Waals surface area (Å²) in [6.45, 7) is 4.10. The zero-order chi connectivity index (χ0) is 23.0. The van der Waals surface area contributed by atoms with E-state index in [1.165, 1.54) is 0 Å². The zero-order valence-electron chi connectivity index (χ0n) is 19.0. The molecule has 0 fully saturated rings. The number of para-hydroxylation sites is 1. The van der Waals surface area contributed by atoms with Crippen molar-refractivity contribution in [3.05, 3.63) is 107 Å². The van der Waals surface area contributed by atoms with E-state index < -0.39 is 16.1 Å². The van der Waals surface area contributed by atoms with E-state index in [-0.39, 0.29) is 0 Å².